The Morgan fingerprint density at radius 1 is 1.40 bits per heavy atom. The third kappa shape index (κ3) is 4.98. The molecular formula is C11H18ClN3. The lowest BCUT2D eigenvalue weighted by Crippen LogP contribution is -2.16. The third-order valence-corrected chi connectivity index (χ3v) is 2.37. The van der Waals surface area contributed by atoms with E-state index in [1.165, 1.54) is 0 Å². The zero-order valence-corrected chi connectivity index (χ0v) is 10.3. The molecule has 1 heterocycles. The Hall–Kier alpha value is -0.830. The fraction of sp³-hybridized carbons (Fsp3) is 0.636. The van der Waals surface area contributed by atoms with Crippen molar-refractivity contribution in [1.29, 1.82) is 0 Å². The first-order chi connectivity index (χ1) is 7.08. The molecule has 0 aromatic carbocycles. The zero-order valence-electron chi connectivity index (χ0n) is 9.50. The Morgan fingerprint density at radius 2 is 2.13 bits per heavy atom. The Balaban J connectivity index is 2.36. The number of nitrogens with zero attached hydrogens (tertiary/aromatic N) is 2. The normalized spacial score (nSPS) is 12.9. The summed E-state index contributed by atoms with van der Waals surface area (Å²) < 4.78 is 0. The van der Waals surface area contributed by atoms with Crippen molar-refractivity contribution < 1.29 is 0 Å². The number of anilines is 1. The predicted molar refractivity (Wildman–Crippen MR) is 64.4 cm³/mol. The molecular weight excluding hydrogens is 210 g/mol. The van der Waals surface area contributed by atoms with Gasteiger partial charge in [0, 0.05) is 18.3 Å². The van der Waals surface area contributed by atoms with Crippen molar-refractivity contribution in [3.63, 3.8) is 0 Å². The highest BCUT2D eigenvalue weighted by Crippen LogP contribution is 2.11. The molecule has 0 spiro atoms. The summed E-state index contributed by atoms with van der Waals surface area (Å²) in [7, 11) is 0. The van der Waals surface area contributed by atoms with Crippen molar-refractivity contribution in [2.24, 2.45) is 5.92 Å². The smallest absolute Gasteiger partial charge is 0.129 e. The van der Waals surface area contributed by atoms with E-state index in [9.17, 15) is 0 Å². The van der Waals surface area contributed by atoms with Crippen LogP contribution in [-0.2, 0) is 0 Å². The third-order valence-electron chi connectivity index (χ3n) is 2.04. The van der Waals surface area contributed by atoms with Crippen LogP contribution in [0.4, 0.5) is 5.82 Å². The van der Waals surface area contributed by atoms with E-state index < -0.39 is 0 Å². The highest BCUT2D eigenvalue weighted by Gasteiger charge is 2.07. The molecule has 4 heteroatoms. The lowest BCUT2D eigenvalue weighted by atomic mass is 10.1. The van der Waals surface area contributed by atoms with Gasteiger partial charge in [0.1, 0.15) is 12.1 Å². The number of nitrogens with one attached hydrogen (secondary N) is 1. The molecule has 0 aliphatic rings. The highest BCUT2D eigenvalue weighted by molar-refractivity contribution is 6.20. The molecule has 84 valence electrons. The lowest BCUT2D eigenvalue weighted by Gasteiger charge is -2.13. The average Bonchev–Trinajstić information content (AvgIpc) is 2.14. The highest BCUT2D eigenvalue weighted by atomic mass is 35.5. The van der Waals surface area contributed by atoms with E-state index in [0.717, 1.165) is 24.5 Å². The van der Waals surface area contributed by atoms with Gasteiger partial charge in [-0.05, 0) is 19.3 Å². The Labute approximate surface area is 96.3 Å². The van der Waals surface area contributed by atoms with Gasteiger partial charge in [-0.2, -0.15) is 0 Å². The summed E-state index contributed by atoms with van der Waals surface area (Å²) in [4.78, 5) is 8.14. The topological polar surface area (TPSA) is 37.8 Å². The van der Waals surface area contributed by atoms with Gasteiger partial charge < -0.3 is 5.32 Å². The van der Waals surface area contributed by atoms with Crippen LogP contribution >= 0.6 is 11.6 Å². The summed E-state index contributed by atoms with van der Waals surface area (Å²) in [6, 6.07) is 1.92. The number of hydrogen-bond acceptors (Lipinski definition) is 3. The van der Waals surface area contributed by atoms with Crippen LogP contribution in [0, 0.1) is 12.8 Å². The second-order valence-electron chi connectivity index (χ2n) is 4.15. The molecule has 0 aliphatic carbocycles. The van der Waals surface area contributed by atoms with Crippen LogP contribution in [0.1, 0.15) is 26.0 Å². The molecule has 1 atom stereocenters. The Bertz CT molecular complexity index is 302. The number of hydrogen-bond donors (Lipinski definition) is 1. The molecule has 1 aromatic heterocycles. The number of aryl methyl sites for hydroxylation is 1. The maximum Gasteiger partial charge on any atom is 0.129 e. The fourth-order valence-electron chi connectivity index (χ4n) is 1.36. The maximum atomic E-state index is 6.16. The van der Waals surface area contributed by atoms with Crippen LogP contribution in [-0.4, -0.2) is 21.9 Å². The van der Waals surface area contributed by atoms with E-state index in [1.807, 2.05) is 13.0 Å². The van der Waals surface area contributed by atoms with Gasteiger partial charge in [0.2, 0.25) is 0 Å². The fourth-order valence-corrected chi connectivity index (χ4v) is 1.79. The van der Waals surface area contributed by atoms with Crippen molar-refractivity contribution in [1.82, 2.24) is 9.97 Å². The molecule has 1 rings (SSSR count). The molecule has 0 radical (unpaired) electrons. The summed E-state index contributed by atoms with van der Waals surface area (Å²) in [5, 5.41) is 3.36. The monoisotopic (exact) mass is 227 g/mol. The van der Waals surface area contributed by atoms with E-state index in [4.69, 9.17) is 11.6 Å². The van der Waals surface area contributed by atoms with Crippen LogP contribution in [0.15, 0.2) is 12.4 Å². The molecule has 1 aromatic rings. The Kier molecular flexibility index (Phi) is 4.82. The number of aromatic nitrogens is 2. The first-order valence-corrected chi connectivity index (χ1v) is 5.68. The predicted octanol–water partition coefficient (Wildman–Crippen LogP) is 2.85. The zero-order chi connectivity index (χ0) is 11.3. The minimum absolute atomic E-state index is 0.153. The minimum atomic E-state index is 0.153. The summed E-state index contributed by atoms with van der Waals surface area (Å²) >= 11 is 6.16. The van der Waals surface area contributed by atoms with Crippen molar-refractivity contribution in [2.75, 3.05) is 11.9 Å². The molecule has 0 fully saturated rings. The van der Waals surface area contributed by atoms with Gasteiger partial charge in [-0.15, -0.1) is 11.6 Å². The lowest BCUT2D eigenvalue weighted by molar-refractivity contribution is 0.572. The first-order valence-electron chi connectivity index (χ1n) is 5.24. The summed E-state index contributed by atoms with van der Waals surface area (Å²) in [6.45, 7) is 7.03. The summed E-state index contributed by atoms with van der Waals surface area (Å²) in [6.07, 6.45) is 2.57. The van der Waals surface area contributed by atoms with Gasteiger partial charge in [0.05, 0.1) is 5.38 Å². The largest absolute Gasteiger partial charge is 0.368 e. The summed E-state index contributed by atoms with van der Waals surface area (Å²) in [5.41, 5.74) is 0.961. The second-order valence-corrected chi connectivity index (χ2v) is 4.77. The van der Waals surface area contributed by atoms with E-state index in [1.54, 1.807) is 6.33 Å². The van der Waals surface area contributed by atoms with Gasteiger partial charge in [-0.3, -0.25) is 0 Å². The number of rotatable bonds is 5. The van der Waals surface area contributed by atoms with E-state index in [-0.39, 0.29) is 5.38 Å². The molecule has 0 saturated heterocycles. The van der Waals surface area contributed by atoms with Crippen molar-refractivity contribution in [3.8, 4) is 0 Å². The molecule has 0 saturated carbocycles. The van der Waals surface area contributed by atoms with Gasteiger partial charge in [-0.1, -0.05) is 13.8 Å². The van der Waals surface area contributed by atoms with Gasteiger partial charge >= 0.3 is 0 Å². The van der Waals surface area contributed by atoms with Gasteiger partial charge in [-0.25, -0.2) is 9.97 Å². The number of alkyl halides is 1. The molecule has 0 amide bonds. The van der Waals surface area contributed by atoms with Gasteiger partial charge in [0.25, 0.3) is 0 Å². The molecule has 1 unspecified atom stereocenters. The summed E-state index contributed by atoms with van der Waals surface area (Å²) in [5.74, 6) is 1.47. The van der Waals surface area contributed by atoms with Crippen molar-refractivity contribution in [3.05, 3.63) is 18.1 Å². The standard InChI is InChI=1S/C11H18ClN3/c1-8(2)4-10(12)6-13-11-5-9(3)14-7-15-11/h5,7-8,10H,4,6H2,1-3H3,(H,13,14,15). The molecule has 0 bridgehead atoms. The molecule has 3 nitrogen and oxygen atoms in total. The maximum absolute atomic E-state index is 6.16. The van der Waals surface area contributed by atoms with Crippen LogP contribution in [0.2, 0.25) is 0 Å². The number of halogens is 1. The Morgan fingerprint density at radius 3 is 2.73 bits per heavy atom. The first kappa shape index (κ1) is 12.2. The van der Waals surface area contributed by atoms with Crippen LogP contribution in [0.25, 0.3) is 0 Å². The van der Waals surface area contributed by atoms with Crippen molar-refractivity contribution in [2.45, 2.75) is 32.6 Å². The van der Waals surface area contributed by atoms with Gasteiger partial charge in [0.15, 0.2) is 0 Å². The van der Waals surface area contributed by atoms with Crippen LogP contribution in [0.5, 0.6) is 0 Å². The molecule has 15 heavy (non-hydrogen) atoms. The van der Waals surface area contributed by atoms with Crippen molar-refractivity contribution >= 4 is 17.4 Å². The van der Waals surface area contributed by atoms with E-state index >= 15 is 0 Å². The minimum Gasteiger partial charge on any atom is -0.368 e. The quantitative estimate of drug-likeness (QED) is 0.787. The van der Waals surface area contributed by atoms with E-state index in [2.05, 4.69) is 29.1 Å². The molecule has 0 aliphatic heterocycles. The van der Waals surface area contributed by atoms with E-state index in [0.29, 0.717) is 5.92 Å². The van der Waals surface area contributed by atoms with Crippen LogP contribution in [0.3, 0.4) is 0 Å². The second kappa shape index (κ2) is 5.91. The average molecular weight is 228 g/mol. The molecule has 1 N–H and O–H groups in total. The SMILES string of the molecule is Cc1cc(NCC(Cl)CC(C)C)ncn1. The van der Waals surface area contributed by atoms with Crippen LogP contribution < -0.4 is 5.32 Å².